The van der Waals surface area contributed by atoms with Gasteiger partial charge < -0.3 is 9.53 Å². The third-order valence-corrected chi connectivity index (χ3v) is 7.01. The molecule has 0 fully saturated rings. The van der Waals surface area contributed by atoms with Crippen LogP contribution in [0, 0.1) is 29.6 Å². The van der Waals surface area contributed by atoms with Crippen molar-refractivity contribution >= 4 is 16.6 Å². The fourth-order valence-corrected chi connectivity index (χ4v) is 5.03. The molecule has 0 saturated carbocycles. The van der Waals surface area contributed by atoms with Crippen molar-refractivity contribution in [3.63, 3.8) is 0 Å². The van der Waals surface area contributed by atoms with E-state index in [0.29, 0.717) is 51.8 Å². The number of hydrogen-bond acceptors (Lipinski definition) is 4. The number of ether oxygens (including phenoxy) is 1. The molecule has 0 saturated heterocycles. The first kappa shape index (κ1) is 29.4. The highest BCUT2D eigenvalue weighted by molar-refractivity contribution is 6.05. The molecule has 0 aliphatic rings. The van der Waals surface area contributed by atoms with Crippen molar-refractivity contribution in [1.29, 1.82) is 10.5 Å². The van der Waals surface area contributed by atoms with Crippen molar-refractivity contribution in [3.8, 4) is 34.8 Å². The van der Waals surface area contributed by atoms with E-state index in [4.69, 9.17) is 4.74 Å². The first-order valence-corrected chi connectivity index (χ1v) is 13.5. The van der Waals surface area contributed by atoms with Crippen LogP contribution >= 0.6 is 0 Å². The predicted molar refractivity (Wildman–Crippen MR) is 157 cm³/mol. The van der Waals surface area contributed by atoms with Gasteiger partial charge in [0.2, 0.25) is 6.43 Å². The molecule has 41 heavy (non-hydrogen) atoms. The molecule has 0 radical (unpaired) electrons. The highest BCUT2D eigenvalue weighted by Gasteiger charge is 2.24. The maximum Gasteiger partial charge on any atom is 0.242 e. The number of alkyl halides is 2. The van der Waals surface area contributed by atoms with Gasteiger partial charge in [0, 0.05) is 23.8 Å². The van der Waals surface area contributed by atoms with Gasteiger partial charge >= 0.3 is 0 Å². The lowest BCUT2D eigenvalue weighted by Gasteiger charge is -2.23. The second-order valence-electron chi connectivity index (χ2n) is 11.5. The maximum atomic E-state index is 13.4. The number of aryl methyl sites for hydroxylation is 2. The number of rotatable bonds is 8. The first-order valence-electron chi connectivity index (χ1n) is 13.5. The van der Waals surface area contributed by atoms with Gasteiger partial charge in [-0.3, -0.25) is 0 Å². The van der Waals surface area contributed by atoms with Gasteiger partial charge in [-0.05, 0) is 77.6 Å². The predicted octanol–water partition coefficient (Wildman–Crippen LogP) is 8.98. The van der Waals surface area contributed by atoms with E-state index >= 15 is 0 Å². The maximum absolute atomic E-state index is 13.4. The molecule has 0 aromatic heterocycles. The number of nitriles is 2. The Morgan fingerprint density at radius 1 is 0.976 bits per heavy atom. The van der Waals surface area contributed by atoms with Gasteiger partial charge in [0.15, 0.2) is 0 Å². The number of ketones is 1. The molecule has 4 aromatic rings. The molecule has 0 aliphatic carbocycles. The van der Waals surface area contributed by atoms with Gasteiger partial charge in [-0.1, -0.05) is 62.7 Å². The van der Waals surface area contributed by atoms with Crippen LogP contribution in [0.2, 0.25) is 0 Å². The number of carbonyl (C=O) groups excluding carboxylic acids is 1. The van der Waals surface area contributed by atoms with E-state index in [1.807, 2.05) is 49.4 Å². The van der Waals surface area contributed by atoms with E-state index in [1.54, 1.807) is 25.1 Å². The molecule has 208 valence electrons. The smallest absolute Gasteiger partial charge is 0.242 e. The molecular weight excluding hydrogens is 518 g/mol. The highest BCUT2D eigenvalue weighted by atomic mass is 19.3. The van der Waals surface area contributed by atoms with Crippen molar-refractivity contribution in [3.05, 3.63) is 94.0 Å². The lowest BCUT2D eigenvalue weighted by atomic mass is 9.82. The summed E-state index contributed by atoms with van der Waals surface area (Å²) in [6, 6.07) is 22.7. The summed E-state index contributed by atoms with van der Waals surface area (Å²) in [5.41, 5.74) is 4.29. The van der Waals surface area contributed by atoms with Crippen LogP contribution in [-0.2, 0) is 23.1 Å². The summed E-state index contributed by atoms with van der Waals surface area (Å²) in [7, 11) is 0. The Kier molecular flexibility index (Phi) is 8.55. The molecule has 0 aliphatic heterocycles. The number of hydrogen-bond donors (Lipinski definition) is 0. The Balaban J connectivity index is 2.05. The number of halogens is 2. The number of nitrogens with zero attached hydrogens (tertiary/aromatic N) is 2. The molecule has 4 nitrogen and oxygen atoms in total. The Labute approximate surface area is 239 Å². The summed E-state index contributed by atoms with van der Waals surface area (Å²) in [6.07, 6.45) is -1.93. The Bertz CT molecular complexity index is 1720. The quantitative estimate of drug-likeness (QED) is 0.219. The van der Waals surface area contributed by atoms with E-state index in [9.17, 15) is 24.1 Å². The lowest BCUT2D eigenvalue weighted by Crippen LogP contribution is -2.11. The van der Waals surface area contributed by atoms with E-state index in [0.717, 1.165) is 16.7 Å². The van der Waals surface area contributed by atoms with E-state index in [1.165, 1.54) is 0 Å². The summed E-state index contributed by atoms with van der Waals surface area (Å²) in [6.45, 7) is 9.61. The van der Waals surface area contributed by atoms with Gasteiger partial charge in [-0.25, -0.2) is 8.78 Å². The summed E-state index contributed by atoms with van der Waals surface area (Å²) in [5.74, 6) is 1.16. The lowest BCUT2D eigenvalue weighted by molar-refractivity contribution is -0.116. The van der Waals surface area contributed by atoms with Crippen LogP contribution in [0.3, 0.4) is 0 Å². The van der Waals surface area contributed by atoms with Crippen LogP contribution in [-0.4, -0.2) is 12.2 Å². The number of carbonyl (C=O) groups is 1. The van der Waals surface area contributed by atoms with Crippen LogP contribution in [0.4, 0.5) is 8.78 Å². The second-order valence-corrected chi connectivity index (χ2v) is 11.5. The fourth-order valence-electron chi connectivity index (χ4n) is 5.03. The Morgan fingerprint density at radius 2 is 1.73 bits per heavy atom. The molecule has 0 N–H and O–H groups in total. The zero-order valence-corrected chi connectivity index (χ0v) is 23.9. The molecule has 0 spiro atoms. The zero-order chi connectivity index (χ0) is 29.9. The normalized spacial score (nSPS) is 11.4. The number of benzene rings is 4. The summed E-state index contributed by atoms with van der Waals surface area (Å²) in [5, 5.41) is 21.6. The molecule has 0 amide bonds. The average Bonchev–Trinajstić information content (AvgIpc) is 2.89. The molecule has 6 heteroatoms. The topological polar surface area (TPSA) is 73.9 Å². The fraction of sp³-hybridized carbons (Fsp3) is 0.286. The third-order valence-electron chi connectivity index (χ3n) is 7.01. The zero-order valence-electron chi connectivity index (χ0n) is 23.9. The standard InChI is InChI=1S/C35H32F2N2O2/c1-21-11-24(15-32(36)37)13-25(12-21)33-30(20-39)27(19-38)16-26-17-28(35(3,4)5)18-31(34(26)33)41-29-8-6-7-23(14-29)10-9-22(2)40/h6-8,11-14,16-18,32H,9-10,15H2,1-5H3. The molecule has 0 bridgehead atoms. The molecular formula is C35H32F2N2O2. The minimum atomic E-state index is -2.52. The van der Waals surface area contributed by atoms with Gasteiger partial charge in [0.05, 0.1) is 11.1 Å². The third kappa shape index (κ3) is 6.79. The van der Waals surface area contributed by atoms with E-state index < -0.39 is 12.8 Å². The number of Topliss-reactive ketones (excluding diaryl/α,β-unsaturated/α-hetero) is 1. The van der Waals surface area contributed by atoms with Crippen molar-refractivity contribution in [2.24, 2.45) is 0 Å². The van der Waals surface area contributed by atoms with Crippen molar-refractivity contribution in [1.82, 2.24) is 0 Å². The largest absolute Gasteiger partial charge is 0.457 e. The second kappa shape index (κ2) is 11.9. The van der Waals surface area contributed by atoms with E-state index in [2.05, 4.69) is 32.9 Å². The van der Waals surface area contributed by atoms with Crippen LogP contribution < -0.4 is 4.74 Å². The van der Waals surface area contributed by atoms with E-state index in [-0.39, 0.29) is 22.3 Å². The van der Waals surface area contributed by atoms with Crippen LogP contribution in [0.5, 0.6) is 11.5 Å². The molecule has 4 rings (SSSR count). The van der Waals surface area contributed by atoms with Crippen LogP contribution in [0.25, 0.3) is 21.9 Å². The molecule has 4 aromatic carbocycles. The average molecular weight is 551 g/mol. The molecule has 0 unspecified atom stereocenters. The van der Waals surface area contributed by atoms with Crippen molar-refractivity contribution in [2.45, 2.75) is 65.7 Å². The van der Waals surface area contributed by atoms with Crippen molar-refractivity contribution < 1.29 is 18.3 Å². The summed E-state index contributed by atoms with van der Waals surface area (Å²) >= 11 is 0. The Morgan fingerprint density at radius 3 is 2.37 bits per heavy atom. The number of fused-ring (bicyclic) bond motifs is 1. The van der Waals surface area contributed by atoms with Gasteiger partial charge in [0.25, 0.3) is 0 Å². The molecule has 0 atom stereocenters. The minimum Gasteiger partial charge on any atom is -0.457 e. The van der Waals surface area contributed by atoms with Gasteiger partial charge in [0.1, 0.15) is 29.4 Å². The SMILES string of the molecule is CC(=O)CCc1cccc(Oc2cc(C(C)(C)C)cc3cc(C#N)c(C#N)c(-c4cc(C)cc(CC(F)F)c4)c23)c1. The summed E-state index contributed by atoms with van der Waals surface area (Å²) in [4.78, 5) is 11.5. The summed E-state index contributed by atoms with van der Waals surface area (Å²) < 4.78 is 33.3. The molecule has 0 heterocycles. The van der Waals surface area contributed by atoms with Crippen molar-refractivity contribution in [2.75, 3.05) is 0 Å². The Hall–Kier alpha value is -4.55. The monoisotopic (exact) mass is 550 g/mol. The van der Waals surface area contributed by atoms with Crippen LogP contribution in [0.1, 0.15) is 67.5 Å². The van der Waals surface area contributed by atoms with Gasteiger partial charge in [-0.15, -0.1) is 0 Å². The van der Waals surface area contributed by atoms with Gasteiger partial charge in [-0.2, -0.15) is 10.5 Å². The highest BCUT2D eigenvalue weighted by Crippen LogP contribution is 2.44. The first-order chi connectivity index (χ1) is 19.4. The van der Waals surface area contributed by atoms with Crippen LogP contribution in [0.15, 0.2) is 60.7 Å². The minimum absolute atomic E-state index is 0.103.